The SMILES string of the molecule is COc1cccc(/C=N\NC(=O)C(=O)N[C@H](C)c2ccccc2)c1Nc1ccccc1C. The quantitative estimate of drug-likeness (QED) is 0.299. The van der Waals surface area contributed by atoms with Gasteiger partial charge in [-0.1, -0.05) is 60.7 Å². The van der Waals surface area contributed by atoms with Crippen LogP contribution in [0.25, 0.3) is 0 Å². The number of aryl methyl sites for hydroxylation is 1. The van der Waals surface area contributed by atoms with Crippen molar-refractivity contribution in [1.82, 2.24) is 10.7 Å². The molecule has 0 radical (unpaired) electrons. The van der Waals surface area contributed by atoms with Crippen LogP contribution in [-0.2, 0) is 9.59 Å². The van der Waals surface area contributed by atoms with Crippen molar-refractivity contribution in [3.05, 3.63) is 89.5 Å². The summed E-state index contributed by atoms with van der Waals surface area (Å²) in [5, 5.41) is 9.98. The number of nitrogens with zero attached hydrogens (tertiary/aromatic N) is 1. The van der Waals surface area contributed by atoms with Gasteiger partial charge in [-0.3, -0.25) is 9.59 Å². The van der Waals surface area contributed by atoms with Gasteiger partial charge < -0.3 is 15.4 Å². The first-order valence-corrected chi connectivity index (χ1v) is 10.2. The van der Waals surface area contributed by atoms with Crippen molar-refractivity contribution in [3.63, 3.8) is 0 Å². The van der Waals surface area contributed by atoms with Gasteiger partial charge in [-0.05, 0) is 37.1 Å². The van der Waals surface area contributed by atoms with E-state index < -0.39 is 11.8 Å². The first kappa shape index (κ1) is 22.6. The minimum atomic E-state index is -0.847. The van der Waals surface area contributed by atoms with Crippen LogP contribution in [0.1, 0.15) is 29.7 Å². The van der Waals surface area contributed by atoms with Crippen LogP contribution < -0.4 is 20.8 Å². The topological polar surface area (TPSA) is 91.8 Å². The lowest BCUT2D eigenvalue weighted by atomic mass is 10.1. The maximum atomic E-state index is 12.2. The standard InChI is InChI=1S/C25H26N4O3/c1-17-10-7-8-14-21(17)28-23-20(13-9-15-22(23)32-3)16-26-29-25(31)24(30)27-18(2)19-11-5-4-6-12-19/h4-16,18,28H,1-3H3,(H,27,30)(H,29,31)/b26-16-/t18-/m1/s1. The number of hydrazone groups is 1. The van der Waals surface area contributed by atoms with Crippen molar-refractivity contribution in [2.75, 3.05) is 12.4 Å². The number of amides is 2. The van der Waals surface area contributed by atoms with Crippen molar-refractivity contribution >= 4 is 29.4 Å². The molecular weight excluding hydrogens is 404 g/mol. The van der Waals surface area contributed by atoms with Gasteiger partial charge in [-0.15, -0.1) is 0 Å². The minimum absolute atomic E-state index is 0.304. The number of anilines is 2. The molecule has 0 aliphatic rings. The summed E-state index contributed by atoms with van der Waals surface area (Å²) in [4.78, 5) is 24.4. The summed E-state index contributed by atoms with van der Waals surface area (Å²) in [6.45, 7) is 3.81. The third-order valence-electron chi connectivity index (χ3n) is 4.91. The molecule has 2 amide bonds. The summed E-state index contributed by atoms with van der Waals surface area (Å²) in [6, 6.07) is 22.4. The largest absolute Gasteiger partial charge is 0.495 e. The Morgan fingerprint density at radius 1 is 0.938 bits per heavy atom. The van der Waals surface area contributed by atoms with E-state index in [1.165, 1.54) is 6.21 Å². The molecule has 0 bridgehead atoms. The van der Waals surface area contributed by atoms with E-state index >= 15 is 0 Å². The van der Waals surface area contributed by atoms with E-state index in [0.29, 0.717) is 17.0 Å². The Morgan fingerprint density at radius 2 is 1.66 bits per heavy atom. The van der Waals surface area contributed by atoms with Crippen LogP contribution in [0.3, 0.4) is 0 Å². The molecule has 0 aliphatic carbocycles. The van der Waals surface area contributed by atoms with Gasteiger partial charge in [0.25, 0.3) is 0 Å². The third-order valence-corrected chi connectivity index (χ3v) is 4.91. The fourth-order valence-corrected chi connectivity index (χ4v) is 3.11. The van der Waals surface area contributed by atoms with Crippen LogP contribution in [0, 0.1) is 6.92 Å². The van der Waals surface area contributed by atoms with Gasteiger partial charge in [0.15, 0.2) is 0 Å². The lowest BCUT2D eigenvalue weighted by molar-refractivity contribution is -0.139. The first-order chi connectivity index (χ1) is 15.5. The highest BCUT2D eigenvalue weighted by molar-refractivity contribution is 6.35. The summed E-state index contributed by atoms with van der Waals surface area (Å²) in [5.41, 5.74) is 6.56. The Hall–Kier alpha value is -4.13. The molecule has 7 nitrogen and oxygen atoms in total. The monoisotopic (exact) mass is 430 g/mol. The normalized spacial score (nSPS) is 11.6. The fourth-order valence-electron chi connectivity index (χ4n) is 3.11. The number of methoxy groups -OCH3 is 1. The van der Waals surface area contributed by atoms with E-state index in [1.54, 1.807) is 7.11 Å². The Balaban J connectivity index is 1.69. The highest BCUT2D eigenvalue weighted by Gasteiger charge is 2.16. The number of carbonyl (C=O) groups is 2. The van der Waals surface area contributed by atoms with Gasteiger partial charge in [0.1, 0.15) is 5.75 Å². The molecule has 0 spiro atoms. The Morgan fingerprint density at radius 3 is 2.38 bits per heavy atom. The van der Waals surface area contributed by atoms with Gasteiger partial charge in [-0.2, -0.15) is 5.10 Å². The molecule has 164 valence electrons. The van der Waals surface area contributed by atoms with Crippen LogP contribution >= 0.6 is 0 Å². The summed E-state index contributed by atoms with van der Waals surface area (Å²) < 4.78 is 5.47. The zero-order valence-electron chi connectivity index (χ0n) is 18.3. The van der Waals surface area contributed by atoms with Crippen LogP contribution in [0.4, 0.5) is 11.4 Å². The van der Waals surface area contributed by atoms with Gasteiger partial charge in [-0.25, -0.2) is 5.43 Å². The number of benzene rings is 3. The molecule has 0 heterocycles. The highest BCUT2D eigenvalue weighted by Crippen LogP contribution is 2.31. The van der Waals surface area contributed by atoms with Gasteiger partial charge >= 0.3 is 11.8 Å². The third kappa shape index (κ3) is 5.72. The molecule has 3 aromatic carbocycles. The molecule has 0 saturated heterocycles. The van der Waals surface area contributed by atoms with E-state index in [2.05, 4.69) is 21.2 Å². The summed E-state index contributed by atoms with van der Waals surface area (Å²) in [5.74, 6) is -0.985. The molecule has 0 aliphatic heterocycles. The predicted octanol–water partition coefficient (Wildman–Crippen LogP) is 4.07. The first-order valence-electron chi connectivity index (χ1n) is 10.2. The molecule has 1 atom stereocenters. The summed E-state index contributed by atoms with van der Waals surface area (Å²) >= 11 is 0. The average molecular weight is 431 g/mol. The number of rotatable bonds is 7. The van der Waals surface area contributed by atoms with Crippen molar-refractivity contribution in [1.29, 1.82) is 0 Å². The van der Waals surface area contributed by atoms with Crippen molar-refractivity contribution in [2.24, 2.45) is 5.10 Å². The second-order valence-corrected chi connectivity index (χ2v) is 7.17. The number of hydrogen-bond acceptors (Lipinski definition) is 5. The molecule has 3 rings (SSSR count). The Kier molecular flexibility index (Phi) is 7.59. The smallest absolute Gasteiger partial charge is 0.329 e. The zero-order valence-corrected chi connectivity index (χ0v) is 18.3. The number of ether oxygens (including phenoxy) is 1. The van der Waals surface area contributed by atoms with Crippen LogP contribution in [0.15, 0.2) is 77.9 Å². The maximum absolute atomic E-state index is 12.2. The molecule has 7 heteroatoms. The van der Waals surface area contributed by atoms with Crippen LogP contribution in [0.5, 0.6) is 5.75 Å². The second kappa shape index (κ2) is 10.8. The molecular formula is C25H26N4O3. The molecule has 0 unspecified atom stereocenters. The van der Waals surface area contributed by atoms with Gasteiger partial charge in [0.05, 0.1) is 25.1 Å². The molecule has 0 fully saturated rings. The average Bonchev–Trinajstić information content (AvgIpc) is 2.81. The number of carbonyl (C=O) groups excluding carboxylic acids is 2. The minimum Gasteiger partial charge on any atom is -0.495 e. The van der Waals surface area contributed by atoms with Crippen LogP contribution in [0.2, 0.25) is 0 Å². The summed E-state index contributed by atoms with van der Waals surface area (Å²) in [7, 11) is 1.58. The van der Waals surface area contributed by atoms with Crippen LogP contribution in [-0.4, -0.2) is 25.1 Å². The highest BCUT2D eigenvalue weighted by atomic mass is 16.5. The molecule has 32 heavy (non-hydrogen) atoms. The van der Waals surface area contributed by atoms with E-state index in [1.807, 2.05) is 86.6 Å². The zero-order chi connectivity index (χ0) is 22.9. The maximum Gasteiger partial charge on any atom is 0.329 e. The van der Waals surface area contributed by atoms with Gasteiger partial charge in [0.2, 0.25) is 0 Å². The van der Waals surface area contributed by atoms with E-state index in [9.17, 15) is 9.59 Å². The van der Waals surface area contributed by atoms with Crippen molar-refractivity contribution < 1.29 is 14.3 Å². The molecule has 3 aromatic rings. The number of para-hydroxylation sites is 2. The van der Waals surface area contributed by atoms with Crippen molar-refractivity contribution in [3.8, 4) is 5.75 Å². The second-order valence-electron chi connectivity index (χ2n) is 7.17. The Bertz CT molecular complexity index is 1110. The summed E-state index contributed by atoms with van der Waals surface area (Å²) in [6.07, 6.45) is 1.47. The number of nitrogens with one attached hydrogen (secondary N) is 3. The molecule has 0 aromatic heterocycles. The molecule has 0 saturated carbocycles. The lowest BCUT2D eigenvalue weighted by Gasteiger charge is -2.15. The van der Waals surface area contributed by atoms with Crippen molar-refractivity contribution in [2.45, 2.75) is 19.9 Å². The van der Waals surface area contributed by atoms with E-state index in [0.717, 1.165) is 16.8 Å². The molecule has 3 N–H and O–H groups in total. The Labute approximate surface area is 187 Å². The van der Waals surface area contributed by atoms with E-state index in [-0.39, 0.29) is 6.04 Å². The lowest BCUT2D eigenvalue weighted by Crippen LogP contribution is -2.39. The number of hydrogen-bond donors (Lipinski definition) is 3. The van der Waals surface area contributed by atoms with Gasteiger partial charge in [0, 0.05) is 11.3 Å². The predicted molar refractivity (Wildman–Crippen MR) is 126 cm³/mol. The fraction of sp³-hybridized carbons (Fsp3) is 0.160. The van der Waals surface area contributed by atoms with E-state index in [4.69, 9.17) is 4.74 Å².